The molecule has 1 aromatic rings. The Kier molecular flexibility index (Phi) is 5.85. The third-order valence-electron chi connectivity index (χ3n) is 2.30. The van der Waals surface area contributed by atoms with Gasteiger partial charge in [-0.2, -0.15) is 0 Å². The van der Waals surface area contributed by atoms with Gasteiger partial charge in [0, 0.05) is 33.3 Å². The molecule has 0 saturated carbocycles. The van der Waals surface area contributed by atoms with Crippen molar-refractivity contribution in [3.05, 3.63) is 33.8 Å². The zero-order valence-corrected chi connectivity index (χ0v) is 12.4. The summed E-state index contributed by atoms with van der Waals surface area (Å²) in [5, 5.41) is 2.77. The second-order valence-electron chi connectivity index (χ2n) is 3.67. The molecule has 0 aliphatic heterocycles. The van der Waals surface area contributed by atoms with Crippen LogP contribution in [0.4, 0.5) is 0 Å². The largest absolute Gasteiger partial charge is 0.351 e. The van der Waals surface area contributed by atoms with Crippen LogP contribution in [0.3, 0.4) is 0 Å². The molecule has 1 unspecified atom stereocenters. The molecule has 3 nitrogen and oxygen atoms in total. The lowest BCUT2D eigenvalue weighted by atomic mass is 10.1. The maximum Gasteiger partial charge on any atom is 0.252 e. The molecule has 1 rings (SSSR count). The zero-order valence-electron chi connectivity index (χ0n) is 9.96. The quantitative estimate of drug-likeness (QED) is 0.905. The van der Waals surface area contributed by atoms with Gasteiger partial charge in [0.25, 0.3) is 5.91 Å². The molecule has 5 heteroatoms. The summed E-state index contributed by atoms with van der Waals surface area (Å²) in [6.45, 7) is 4.25. The summed E-state index contributed by atoms with van der Waals surface area (Å²) in [7, 11) is -0.836. The van der Waals surface area contributed by atoms with Crippen molar-refractivity contribution in [3.63, 3.8) is 0 Å². The summed E-state index contributed by atoms with van der Waals surface area (Å²) in [4.78, 5) is 11.8. The SMILES string of the molecule is CCS(=O)CCNC(=O)c1cc(C)ccc1Br. The van der Waals surface area contributed by atoms with Crippen LogP contribution in [0.5, 0.6) is 0 Å². The van der Waals surface area contributed by atoms with Gasteiger partial charge in [0.2, 0.25) is 0 Å². The summed E-state index contributed by atoms with van der Waals surface area (Å²) in [6.07, 6.45) is 0. The smallest absolute Gasteiger partial charge is 0.252 e. The first-order valence-electron chi connectivity index (χ1n) is 5.44. The summed E-state index contributed by atoms with van der Waals surface area (Å²) < 4.78 is 12.0. The van der Waals surface area contributed by atoms with Gasteiger partial charge in [-0.05, 0) is 35.0 Å². The molecule has 94 valence electrons. The first-order valence-corrected chi connectivity index (χ1v) is 7.72. The molecule has 0 spiro atoms. The van der Waals surface area contributed by atoms with Gasteiger partial charge >= 0.3 is 0 Å². The highest BCUT2D eigenvalue weighted by atomic mass is 79.9. The molecule has 17 heavy (non-hydrogen) atoms. The lowest BCUT2D eigenvalue weighted by Crippen LogP contribution is -2.28. The normalized spacial score (nSPS) is 12.2. The van der Waals surface area contributed by atoms with E-state index >= 15 is 0 Å². The van der Waals surface area contributed by atoms with Crippen LogP contribution >= 0.6 is 15.9 Å². The van der Waals surface area contributed by atoms with Crippen molar-refractivity contribution in [3.8, 4) is 0 Å². The molecule has 0 saturated heterocycles. The predicted molar refractivity (Wildman–Crippen MR) is 74.8 cm³/mol. The summed E-state index contributed by atoms with van der Waals surface area (Å²) >= 11 is 3.34. The van der Waals surface area contributed by atoms with E-state index in [-0.39, 0.29) is 5.91 Å². The number of hydrogen-bond acceptors (Lipinski definition) is 2. The Balaban J connectivity index is 2.58. The molecule has 0 aromatic heterocycles. The molecule has 0 radical (unpaired) electrons. The fourth-order valence-corrected chi connectivity index (χ4v) is 2.38. The fraction of sp³-hybridized carbons (Fsp3) is 0.417. The molecule has 0 aliphatic carbocycles. The number of aryl methyl sites for hydroxylation is 1. The highest BCUT2D eigenvalue weighted by Gasteiger charge is 2.09. The third-order valence-corrected chi connectivity index (χ3v) is 4.30. The Labute approximate surface area is 113 Å². The van der Waals surface area contributed by atoms with E-state index in [1.807, 2.05) is 32.0 Å². The third kappa shape index (κ3) is 4.60. The number of nitrogens with one attached hydrogen (secondary N) is 1. The lowest BCUT2D eigenvalue weighted by molar-refractivity contribution is 0.0955. The molecule has 1 N–H and O–H groups in total. The molecule has 1 amide bonds. The molecular formula is C12H16BrNO2S. The molecule has 0 fully saturated rings. The van der Waals surface area contributed by atoms with Crippen molar-refractivity contribution in [2.24, 2.45) is 0 Å². The van der Waals surface area contributed by atoms with Crippen LogP contribution in [0.25, 0.3) is 0 Å². The molecule has 0 heterocycles. The van der Waals surface area contributed by atoms with Gasteiger partial charge < -0.3 is 5.32 Å². The van der Waals surface area contributed by atoms with E-state index in [9.17, 15) is 9.00 Å². The number of amides is 1. The number of rotatable bonds is 5. The molecule has 1 atom stereocenters. The number of hydrogen-bond donors (Lipinski definition) is 1. The monoisotopic (exact) mass is 317 g/mol. The van der Waals surface area contributed by atoms with E-state index in [0.29, 0.717) is 23.6 Å². The zero-order chi connectivity index (χ0) is 12.8. The van der Waals surface area contributed by atoms with Crippen LogP contribution in [-0.2, 0) is 10.8 Å². The molecule has 1 aromatic carbocycles. The minimum absolute atomic E-state index is 0.131. The average Bonchev–Trinajstić information content (AvgIpc) is 2.31. The van der Waals surface area contributed by atoms with E-state index in [1.165, 1.54) is 0 Å². The summed E-state index contributed by atoms with van der Waals surface area (Å²) in [5.41, 5.74) is 1.66. The molecular weight excluding hydrogens is 302 g/mol. The van der Waals surface area contributed by atoms with Crippen LogP contribution in [-0.4, -0.2) is 28.2 Å². The van der Waals surface area contributed by atoms with Crippen LogP contribution in [0.15, 0.2) is 22.7 Å². The minimum Gasteiger partial charge on any atom is -0.351 e. The van der Waals surface area contributed by atoms with E-state index in [0.717, 1.165) is 10.0 Å². The van der Waals surface area contributed by atoms with Gasteiger partial charge in [-0.15, -0.1) is 0 Å². The van der Waals surface area contributed by atoms with Crippen molar-refractivity contribution < 1.29 is 9.00 Å². The van der Waals surface area contributed by atoms with Gasteiger partial charge in [0.15, 0.2) is 0 Å². The van der Waals surface area contributed by atoms with E-state index in [1.54, 1.807) is 0 Å². The standard InChI is InChI=1S/C12H16BrNO2S/c1-3-17(16)7-6-14-12(15)10-8-9(2)4-5-11(10)13/h4-5,8H,3,6-7H2,1-2H3,(H,14,15). The second-order valence-corrected chi connectivity index (χ2v) is 6.39. The molecule has 0 bridgehead atoms. The van der Waals surface area contributed by atoms with E-state index < -0.39 is 10.8 Å². The predicted octanol–water partition coefficient (Wildman–Crippen LogP) is 2.26. The second kappa shape index (κ2) is 6.91. The number of halogens is 1. The first-order chi connectivity index (χ1) is 8.04. The maximum atomic E-state index is 11.8. The van der Waals surface area contributed by atoms with E-state index in [2.05, 4.69) is 21.2 Å². The van der Waals surface area contributed by atoms with Gasteiger partial charge in [-0.3, -0.25) is 9.00 Å². The minimum atomic E-state index is -0.836. The summed E-state index contributed by atoms with van der Waals surface area (Å²) in [6, 6.07) is 5.62. The van der Waals surface area contributed by atoms with Crippen LogP contribution < -0.4 is 5.32 Å². The van der Waals surface area contributed by atoms with Gasteiger partial charge in [0.1, 0.15) is 0 Å². The van der Waals surface area contributed by atoms with Crippen LogP contribution in [0.1, 0.15) is 22.8 Å². The van der Waals surface area contributed by atoms with Crippen LogP contribution in [0, 0.1) is 6.92 Å². The summed E-state index contributed by atoms with van der Waals surface area (Å²) in [5.74, 6) is 1.00. The van der Waals surface area contributed by atoms with E-state index in [4.69, 9.17) is 0 Å². The van der Waals surface area contributed by atoms with Gasteiger partial charge in [0.05, 0.1) is 5.56 Å². The average molecular weight is 318 g/mol. The number of carbonyl (C=O) groups excluding carboxylic acids is 1. The van der Waals surface area contributed by atoms with Gasteiger partial charge in [-0.25, -0.2) is 0 Å². The highest BCUT2D eigenvalue weighted by molar-refractivity contribution is 9.10. The Bertz CT molecular complexity index is 435. The van der Waals surface area contributed by atoms with Crippen molar-refractivity contribution in [2.45, 2.75) is 13.8 Å². The molecule has 0 aliphatic rings. The lowest BCUT2D eigenvalue weighted by Gasteiger charge is -2.07. The fourth-order valence-electron chi connectivity index (χ4n) is 1.33. The Hall–Kier alpha value is -0.680. The van der Waals surface area contributed by atoms with Crippen molar-refractivity contribution in [2.75, 3.05) is 18.1 Å². The number of benzene rings is 1. The Morgan fingerprint density at radius 3 is 2.82 bits per heavy atom. The topological polar surface area (TPSA) is 46.2 Å². The van der Waals surface area contributed by atoms with Crippen LogP contribution in [0.2, 0.25) is 0 Å². The highest BCUT2D eigenvalue weighted by Crippen LogP contribution is 2.17. The first kappa shape index (κ1) is 14.4. The van der Waals surface area contributed by atoms with Crippen molar-refractivity contribution in [1.29, 1.82) is 0 Å². The van der Waals surface area contributed by atoms with Crippen molar-refractivity contribution >= 4 is 32.6 Å². The van der Waals surface area contributed by atoms with Gasteiger partial charge in [-0.1, -0.05) is 18.6 Å². The number of carbonyl (C=O) groups is 1. The van der Waals surface area contributed by atoms with Crippen molar-refractivity contribution in [1.82, 2.24) is 5.32 Å². The Morgan fingerprint density at radius 2 is 2.18 bits per heavy atom. The maximum absolute atomic E-state index is 11.8. The Morgan fingerprint density at radius 1 is 1.47 bits per heavy atom.